The lowest BCUT2D eigenvalue weighted by molar-refractivity contribution is -0.384. The van der Waals surface area contributed by atoms with Crippen molar-refractivity contribution < 1.29 is 18.8 Å². The zero-order valence-electron chi connectivity index (χ0n) is 16.5. The second kappa shape index (κ2) is 7.47. The summed E-state index contributed by atoms with van der Waals surface area (Å²) in [6.45, 7) is 1.66. The third-order valence-electron chi connectivity index (χ3n) is 4.88. The van der Waals surface area contributed by atoms with Crippen LogP contribution < -0.4 is 9.47 Å². The Balaban J connectivity index is 1.92. The van der Waals surface area contributed by atoms with Gasteiger partial charge in [-0.15, -0.1) is 0 Å². The van der Waals surface area contributed by atoms with Crippen LogP contribution in [0.3, 0.4) is 0 Å². The minimum absolute atomic E-state index is 0.0783. The summed E-state index contributed by atoms with van der Waals surface area (Å²) >= 11 is 0. The Morgan fingerprint density at radius 3 is 2.63 bits per heavy atom. The lowest BCUT2D eigenvalue weighted by Crippen LogP contribution is -1.93. The summed E-state index contributed by atoms with van der Waals surface area (Å²) in [5, 5.41) is 12.2. The quantitative estimate of drug-likeness (QED) is 0.327. The molecule has 0 amide bonds. The fourth-order valence-electron chi connectivity index (χ4n) is 3.38. The Hall–Kier alpha value is -3.94. The molecule has 2 aromatic carbocycles. The van der Waals surface area contributed by atoms with E-state index in [-0.39, 0.29) is 5.69 Å². The molecule has 8 heteroatoms. The van der Waals surface area contributed by atoms with Crippen LogP contribution in [0.1, 0.15) is 5.56 Å². The summed E-state index contributed by atoms with van der Waals surface area (Å²) in [7, 11) is 3.37. The summed E-state index contributed by atoms with van der Waals surface area (Å²) in [6, 6.07) is 10.7. The summed E-state index contributed by atoms with van der Waals surface area (Å²) in [5.41, 5.74) is 2.38. The van der Waals surface area contributed by atoms with Crippen molar-refractivity contribution >= 4 is 16.6 Å². The molecule has 0 bridgehead atoms. The van der Waals surface area contributed by atoms with Crippen molar-refractivity contribution in [3.8, 4) is 28.5 Å². The van der Waals surface area contributed by atoms with E-state index in [4.69, 9.17) is 9.47 Å². The number of aromatic nitrogens is 2. The largest absolute Gasteiger partial charge is 0.479 e. The van der Waals surface area contributed by atoms with Crippen LogP contribution >= 0.6 is 0 Å². The highest BCUT2D eigenvalue weighted by Gasteiger charge is 2.20. The van der Waals surface area contributed by atoms with Crippen LogP contribution in [0.2, 0.25) is 0 Å². The number of fused-ring (bicyclic) bond motifs is 1. The van der Waals surface area contributed by atoms with E-state index in [1.54, 1.807) is 31.3 Å². The lowest BCUT2D eigenvalue weighted by atomic mass is 10.0. The maximum Gasteiger partial charge on any atom is 0.270 e. The fraction of sp³-hybridized carbons (Fsp3) is 0.136. The molecule has 0 saturated carbocycles. The first kappa shape index (κ1) is 19.4. The summed E-state index contributed by atoms with van der Waals surface area (Å²) in [6.07, 6.45) is 3.44. The van der Waals surface area contributed by atoms with Crippen LogP contribution in [0.5, 0.6) is 17.4 Å². The monoisotopic (exact) mass is 407 g/mol. The number of halogens is 1. The van der Waals surface area contributed by atoms with Gasteiger partial charge in [0, 0.05) is 54.2 Å². The summed E-state index contributed by atoms with van der Waals surface area (Å²) in [5.74, 6) is 0.714. The standard InChI is InChI=1S/C22H18FN3O4/c1-13-4-6-15(11-19(13)23)30-20-7-5-14(26(27)28)10-17(20)18-12-25(2)21-16(18)8-9-24-22(21)29-3/h4-12H,1-3H3. The molecule has 152 valence electrons. The minimum Gasteiger partial charge on any atom is -0.479 e. The van der Waals surface area contributed by atoms with Crippen LogP contribution in [-0.4, -0.2) is 21.6 Å². The van der Waals surface area contributed by atoms with E-state index in [1.807, 2.05) is 17.8 Å². The van der Waals surface area contributed by atoms with Gasteiger partial charge in [0.15, 0.2) is 0 Å². The number of nitro benzene ring substituents is 1. The van der Waals surface area contributed by atoms with Crippen molar-refractivity contribution in [2.24, 2.45) is 7.05 Å². The Kier molecular flexibility index (Phi) is 4.83. The predicted octanol–water partition coefficient (Wildman–Crippen LogP) is 5.40. The average molecular weight is 407 g/mol. The number of rotatable bonds is 5. The number of ether oxygens (including phenoxy) is 2. The molecule has 0 saturated heterocycles. The Labute approximate surface area is 171 Å². The first-order chi connectivity index (χ1) is 14.4. The maximum absolute atomic E-state index is 14.0. The number of nitro groups is 1. The molecule has 30 heavy (non-hydrogen) atoms. The van der Waals surface area contributed by atoms with Gasteiger partial charge in [-0.05, 0) is 30.7 Å². The summed E-state index contributed by atoms with van der Waals surface area (Å²) < 4.78 is 27.1. The molecular formula is C22H18FN3O4. The van der Waals surface area contributed by atoms with Crippen molar-refractivity contribution in [3.63, 3.8) is 0 Å². The first-order valence-corrected chi connectivity index (χ1v) is 9.10. The number of pyridine rings is 1. The van der Waals surface area contributed by atoms with Crippen LogP contribution in [0.25, 0.3) is 22.0 Å². The number of hydrogen-bond donors (Lipinski definition) is 0. The van der Waals surface area contributed by atoms with Crippen molar-refractivity contribution in [1.29, 1.82) is 0 Å². The highest BCUT2D eigenvalue weighted by Crippen LogP contribution is 2.41. The minimum atomic E-state index is -0.466. The zero-order valence-corrected chi connectivity index (χ0v) is 16.5. The molecule has 0 aliphatic carbocycles. The number of nitrogens with zero attached hydrogens (tertiary/aromatic N) is 3. The highest BCUT2D eigenvalue weighted by molar-refractivity contribution is 5.99. The van der Waals surface area contributed by atoms with Crippen LogP contribution in [0.4, 0.5) is 10.1 Å². The Morgan fingerprint density at radius 1 is 1.13 bits per heavy atom. The Bertz CT molecular complexity index is 1280. The SMILES string of the molecule is COc1nccc2c(-c3cc([N+](=O)[O-])ccc3Oc3ccc(C)c(F)c3)cn(C)c12. The van der Waals surface area contributed by atoms with Crippen LogP contribution in [0.15, 0.2) is 54.9 Å². The number of benzene rings is 2. The topological polar surface area (TPSA) is 79.4 Å². The van der Waals surface area contributed by atoms with Crippen molar-refractivity contribution in [2.75, 3.05) is 7.11 Å². The van der Waals surface area contributed by atoms with Gasteiger partial charge < -0.3 is 14.0 Å². The molecule has 0 fully saturated rings. The van der Waals surface area contributed by atoms with E-state index in [0.29, 0.717) is 34.1 Å². The predicted molar refractivity (Wildman–Crippen MR) is 111 cm³/mol. The number of non-ortho nitro benzene ring substituents is 1. The smallest absolute Gasteiger partial charge is 0.270 e. The summed E-state index contributed by atoms with van der Waals surface area (Å²) in [4.78, 5) is 15.1. The molecule has 2 heterocycles. The van der Waals surface area contributed by atoms with E-state index < -0.39 is 10.7 Å². The van der Waals surface area contributed by atoms with Crippen LogP contribution in [0, 0.1) is 22.9 Å². The van der Waals surface area contributed by atoms with Gasteiger partial charge in [-0.25, -0.2) is 9.37 Å². The van der Waals surface area contributed by atoms with Gasteiger partial charge >= 0.3 is 0 Å². The number of hydrogen-bond acceptors (Lipinski definition) is 5. The van der Waals surface area contributed by atoms with E-state index in [1.165, 1.54) is 31.4 Å². The van der Waals surface area contributed by atoms with E-state index in [2.05, 4.69) is 4.98 Å². The van der Waals surface area contributed by atoms with Crippen LogP contribution in [-0.2, 0) is 7.05 Å². The second-order valence-electron chi connectivity index (χ2n) is 6.82. The van der Waals surface area contributed by atoms with E-state index in [9.17, 15) is 14.5 Å². The molecule has 7 nitrogen and oxygen atoms in total. The van der Waals surface area contributed by atoms with E-state index >= 15 is 0 Å². The molecule has 4 rings (SSSR count). The first-order valence-electron chi connectivity index (χ1n) is 9.10. The molecule has 0 N–H and O–H groups in total. The maximum atomic E-state index is 14.0. The Morgan fingerprint density at radius 2 is 1.93 bits per heavy atom. The molecular weight excluding hydrogens is 389 g/mol. The molecule has 2 aromatic heterocycles. The third kappa shape index (κ3) is 3.32. The van der Waals surface area contributed by atoms with Gasteiger partial charge in [0.05, 0.1) is 12.0 Å². The van der Waals surface area contributed by atoms with Gasteiger partial charge in [-0.2, -0.15) is 0 Å². The average Bonchev–Trinajstić information content (AvgIpc) is 3.07. The molecule has 0 unspecified atom stereocenters. The highest BCUT2D eigenvalue weighted by atomic mass is 19.1. The second-order valence-corrected chi connectivity index (χ2v) is 6.82. The zero-order chi connectivity index (χ0) is 21.4. The lowest BCUT2D eigenvalue weighted by Gasteiger charge is -2.12. The molecule has 0 atom stereocenters. The molecule has 4 aromatic rings. The molecule has 0 aliphatic heterocycles. The van der Waals surface area contributed by atoms with Gasteiger partial charge in [-0.1, -0.05) is 6.07 Å². The van der Waals surface area contributed by atoms with E-state index in [0.717, 1.165) is 10.9 Å². The van der Waals surface area contributed by atoms with Gasteiger partial charge in [-0.3, -0.25) is 10.1 Å². The normalized spacial score (nSPS) is 10.9. The molecule has 0 spiro atoms. The third-order valence-corrected chi connectivity index (χ3v) is 4.88. The fourth-order valence-corrected chi connectivity index (χ4v) is 3.38. The van der Waals surface area contributed by atoms with Gasteiger partial charge in [0.25, 0.3) is 5.69 Å². The van der Waals surface area contributed by atoms with Crippen molar-refractivity contribution in [1.82, 2.24) is 9.55 Å². The molecule has 0 aliphatic rings. The van der Waals surface area contributed by atoms with Gasteiger partial charge in [0.1, 0.15) is 22.8 Å². The molecule has 0 radical (unpaired) electrons. The number of aryl methyl sites for hydroxylation is 2. The van der Waals surface area contributed by atoms with Crippen molar-refractivity contribution in [2.45, 2.75) is 6.92 Å². The van der Waals surface area contributed by atoms with Gasteiger partial charge in [0.2, 0.25) is 5.88 Å². The number of methoxy groups -OCH3 is 1. The van der Waals surface area contributed by atoms with Crippen molar-refractivity contribution in [3.05, 3.63) is 76.4 Å².